The Hall–Kier alpha value is -3.46. The summed E-state index contributed by atoms with van der Waals surface area (Å²) in [5.41, 5.74) is 4.21. The first-order chi connectivity index (χ1) is 15.6. The van der Waals surface area contributed by atoms with Gasteiger partial charge in [0, 0.05) is 43.2 Å². The van der Waals surface area contributed by atoms with Crippen molar-refractivity contribution in [2.24, 2.45) is 0 Å². The molecule has 9 nitrogen and oxygen atoms in total. The van der Waals surface area contributed by atoms with Crippen LogP contribution in [0.1, 0.15) is 37.2 Å². The summed E-state index contributed by atoms with van der Waals surface area (Å²) in [6.45, 7) is 6.88. The van der Waals surface area contributed by atoms with Crippen molar-refractivity contribution < 1.29 is 9.53 Å². The third kappa shape index (κ3) is 3.91. The van der Waals surface area contributed by atoms with Crippen LogP contribution < -0.4 is 5.32 Å². The molecule has 0 atom stereocenters. The quantitative estimate of drug-likeness (QED) is 0.451. The summed E-state index contributed by atoms with van der Waals surface area (Å²) in [6, 6.07) is 5.96. The van der Waals surface area contributed by atoms with E-state index in [0.29, 0.717) is 24.8 Å². The fourth-order valence-electron chi connectivity index (χ4n) is 4.06. The van der Waals surface area contributed by atoms with Crippen molar-refractivity contribution in [3.05, 3.63) is 48.7 Å². The first kappa shape index (κ1) is 20.4. The van der Waals surface area contributed by atoms with Gasteiger partial charge in [-0.05, 0) is 44.9 Å². The molecule has 1 fully saturated rings. The minimum atomic E-state index is 0.0365. The number of imidazole rings is 1. The number of anilines is 1. The largest absolute Gasteiger partial charge is 0.377 e. The molecule has 1 aliphatic heterocycles. The van der Waals surface area contributed by atoms with E-state index in [9.17, 15) is 4.79 Å². The molecule has 0 aliphatic carbocycles. The number of nitrogens with one attached hydrogen (secondary N) is 1. The maximum atomic E-state index is 12.9. The van der Waals surface area contributed by atoms with Gasteiger partial charge in [-0.25, -0.2) is 14.5 Å². The lowest BCUT2D eigenvalue weighted by Gasteiger charge is -2.14. The number of likely N-dealkylation sites (tertiary alicyclic amines) is 1. The van der Waals surface area contributed by atoms with E-state index in [1.165, 1.54) is 0 Å². The number of nitrogens with zero attached hydrogens (tertiary/aromatic N) is 6. The SMILES string of the molecule is CC(C)OCCNc1ncc2c(-c3ccc4ncc(C(=O)N5CCCC5)n4c3)ccn2n1. The van der Waals surface area contributed by atoms with Crippen molar-refractivity contribution in [2.45, 2.75) is 32.8 Å². The third-order valence-electron chi connectivity index (χ3n) is 5.68. The predicted octanol–water partition coefficient (Wildman–Crippen LogP) is 3.12. The molecule has 0 unspecified atom stereocenters. The fraction of sp³-hybridized carbons (Fsp3) is 0.391. The number of aromatic nitrogens is 5. The minimum Gasteiger partial charge on any atom is -0.377 e. The average Bonchev–Trinajstić information content (AvgIpc) is 3.55. The molecule has 0 bridgehead atoms. The second-order valence-corrected chi connectivity index (χ2v) is 8.28. The highest BCUT2D eigenvalue weighted by molar-refractivity contribution is 5.93. The van der Waals surface area contributed by atoms with Crippen LogP contribution in [-0.2, 0) is 4.74 Å². The number of hydrogen-bond acceptors (Lipinski definition) is 6. The zero-order valence-electron chi connectivity index (χ0n) is 18.4. The van der Waals surface area contributed by atoms with E-state index in [1.54, 1.807) is 6.20 Å². The predicted molar refractivity (Wildman–Crippen MR) is 122 cm³/mol. The van der Waals surface area contributed by atoms with Gasteiger partial charge < -0.3 is 15.0 Å². The zero-order chi connectivity index (χ0) is 22.1. The highest BCUT2D eigenvalue weighted by atomic mass is 16.5. The smallest absolute Gasteiger partial charge is 0.272 e. The molecule has 1 saturated heterocycles. The van der Waals surface area contributed by atoms with Crippen LogP contribution in [0.15, 0.2) is 43.0 Å². The second-order valence-electron chi connectivity index (χ2n) is 8.28. The number of ether oxygens (including phenoxy) is 1. The lowest BCUT2D eigenvalue weighted by atomic mass is 10.1. The molecule has 4 aromatic heterocycles. The molecule has 32 heavy (non-hydrogen) atoms. The Kier molecular flexibility index (Phi) is 5.48. The van der Waals surface area contributed by atoms with Crippen LogP contribution in [0.4, 0.5) is 5.95 Å². The molecule has 0 saturated carbocycles. The van der Waals surface area contributed by atoms with Crippen molar-refractivity contribution in [3.63, 3.8) is 0 Å². The maximum Gasteiger partial charge on any atom is 0.272 e. The Morgan fingerprint density at radius 2 is 2.00 bits per heavy atom. The molecular weight excluding hydrogens is 406 g/mol. The van der Waals surface area contributed by atoms with E-state index in [0.717, 1.165) is 48.2 Å². The van der Waals surface area contributed by atoms with E-state index < -0.39 is 0 Å². The first-order valence-corrected chi connectivity index (χ1v) is 11.1. The van der Waals surface area contributed by atoms with Gasteiger partial charge >= 0.3 is 0 Å². The van der Waals surface area contributed by atoms with Gasteiger partial charge in [0.15, 0.2) is 0 Å². The third-order valence-corrected chi connectivity index (χ3v) is 5.68. The Bertz CT molecular complexity index is 1250. The van der Waals surface area contributed by atoms with E-state index in [-0.39, 0.29) is 12.0 Å². The van der Waals surface area contributed by atoms with Gasteiger partial charge in [0.05, 0.1) is 30.6 Å². The topological polar surface area (TPSA) is 89.1 Å². The maximum absolute atomic E-state index is 12.9. The van der Waals surface area contributed by atoms with Crippen LogP contribution in [0.2, 0.25) is 0 Å². The summed E-state index contributed by atoms with van der Waals surface area (Å²) in [6.07, 6.45) is 9.68. The van der Waals surface area contributed by atoms with Crippen LogP contribution in [-0.4, -0.2) is 67.1 Å². The molecule has 0 radical (unpaired) electrons. The van der Waals surface area contributed by atoms with Crippen LogP contribution in [0.3, 0.4) is 0 Å². The lowest BCUT2D eigenvalue weighted by Crippen LogP contribution is -2.28. The number of rotatable bonds is 7. The summed E-state index contributed by atoms with van der Waals surface area (Å²) < 4.78 is 9.23. The number of carbonyl (C=O) groups is 1. The van der Waals surface area contributed by atoms with E-state index in [4.69, 9.17) is 4.74 Å². The summed E-state index contributed by atoms with van der Waals surface area (Å²) in [5, 5.41) is 7.73. The molecular formula is C23H27N7O2. The van der Waals surface area contributed by atoms with Crippen LogP contribution >= 0.6 is 0 Å². The molecule has 5 heterocycles. The van der Waals surface area contributed by atoms with Gasteiger partial charge in [-0.15, -0.1) is 5.10 Å². The number of carbonyl (C=O) groups excluding carboxylic acids is 1. The van der Waals surface area contributed by atoms with Crippen molar-refractivity contribution in [1.82, 2.24) is 28.9 Å². The number of fused-ring (bicyclic) bond motifs is 2. The summed E-state index contributed by atoms with van der Waals surface area (Å²) in [7, 11) is 0. The average molecular weight is 434 g/mol. The number of pyridine rings is 1. The lowest BCUT2D eigenvalue weighted by molar-refractivity contribution is 0.0786. The highest BCUT2D eigenvalue weighted by Gasteiger charge is 2.22. The Morgan fingerprint density at radius 3 is 2.81 bits per heavy atom. The van der Waals surface area contributed by atoms with E-state index in [2.05, 4.69) is 20.4 Å². The molecule has 0 spiro atoms. The minimum absolute atomic E-state index is 0.0365. The van der Waals surface area contributed by atoms with Crippen molar-refractivity contribution in [2.75, 3.05) is 31.6 Å². The molecule has 1 N–H and O–H groups in total. The second kappa shape index (κ2) is 8.58. The zero-order valence-corrected chi connectivity index (χ0v) is 18.4. The fourth-order valence-corrected chi connectivity index (χ4v) is 4.06. The molecule has 4 aromatic rings. The summed E-state index contributed by atoms with van der Waals surface area (Å²) in [4.78, 5) is 23.7. The van der Waals surface area contributed by atoms with Gasteiger partial charge in [-0.1, -0.05) is 0 Å². The monoisotopic (exact) mass is 433 g/mol. The standard InChI is InChI=1S/C23H27N7O2/c1-16(2)32-12-8-24-23-26-13-19-18(7-11-30(19)27-23)17-5-6-21-25-14-20(29(21)15-17)22(31)28-9-3-4-10-28/h5-7,11,13-16H,3-4,8-10,12H2,1-2H3,(H,24,27). The van der Waals surface area contributed by atoms with Crippen molar-refractivity contribution >= 4 is 23.0 Å². The van der Waals surface area contributed by atoms with Crippen LogP contribution in [0.25, 0.3) is 22.3 Å². The summed E-state index contributed by atoms with van der Waals surface area (Å²) >= 11 is 0. The van der Waals surface area contributed by atoms with E-state index >= 15 is 0 Å². The van der Waals surface area contributed by atoms with Gasteiger partial charge in [-0.2, -0.15) is 0 Å². The number of hydrogen-bond donors (Lipinski definition) is 1. The first-order valence-electron chi connectivity index (χ1n) is 11.1. The normalized spacial score (nSPS) is 14.2. The van der Waals surface area contributed by atoms with Gasteiger partial charge in [0.1, 0.15) is 11.3 Å². The van der Waals surface area contributed by atoms with Gasteiger partial charge in [0.2, 0.25) is 5.95 Å². The highest BCUT2D eigenvalue weighted by Crippen LogP contribution is 2.26. The van der Waals surface area contributed by atoms with Gasteiger partial charge in [0.25, 0.3) is 5.91 Å². The molecule has 0 aromatic carbocycles. The van der Waals surface area contributed by atoms with Crippen LogP contribution in [0, 0.1) is 0 Å². The van der Waals surface area contributed by atoms with Gasteiger partial charge in [-0.3, -0.25) is 9.20 Å². The molecule has 5 rings (SSSR count). The number of amides is 1. The Morgan fingerprint density at radius 1 is 1.16 bits per heavy atom. The Balaban J connectivity index is 1.41. The Labute approximate surface area is 186 Å². The molecule has 1 amide bonds. The molecule has 166 valence electrons. The van der Waals surface area contributed by atoms with Crippen molar-refractivity contribution in [3.8, 4) is 11.1 Å². The van der Waals surface area contributed by atoms with Crippen molar-refractivity contribution in [1.29, 1.82) is 0 Å². The summed E-state index contributed by atoms with van der Waals surface area (Å²) in [5.74, 6) is 0.588. The molecule has 1 aliphatic rings. The molecule has 9 heteroatoms. The van der Waals surface area contributed by atoms with Crippen LogP contribution in [0.5, 0.6) is 0 Å². The van der Waals surface area contributed by atoms with E-state index in [1.807, 2.05) is 64.5 Å².